The number of ketones is 1. The van der Waals surface area contributed by atoms with Crippen molar-refractivity contribution in [1.82, 2.24) is 15.5 Å². The Bertz CT molecular complexity index is 619. The molecule has 142 valence electrons. The summed E-state index contributed by atoms with van der Waals surface area (Å²) < 4.78 is 0. The molecule has 1 aliphatic heterocycles. The molecule has 2 fully saturated rings. The zero-order valence-corrected chi connectivity index (χ0v) is 15.9. The average molecular weight is 357 g/mol. The van der Waals surface area contributed by atoms with E-state index in [-0.39, 0.29) is 18.1 Å². The summed E-state index contributed by atoms with van der Waals surface area (Å²) in [5.41, 5.74) is 1.09. The van der Waals surface area contributed by atoms with Crippen LogP contribution >= 0.6 is 0 Å². The summed E-state index contributed by atoms with van der Waals surface area (Å²) >= 11 is 0. The Morgan fingerprint density at radius 1 is 1.31 bits per heavy atom. The van der Waals surface area contributed by atoms with Gasteiger partial charge in [-0.25, -0.2) is 4.79 Å². The van der Waals surface area contributed by atoms with E-state index >= 15 is 0 Å². The predicted octanol–water partition coefficient (Wildman–Crippen LogP) is 3.27. The second kappa shape index (κ2) is 8.67. The fraction of sp³-hybridized carbons (Fsp3) is 0.619. The first-order valence-electron chi connectivity index (χ1n) is 9.94. The summed E-state index contributed by atoms with van der Waals surface area (Å²) in [5, 5.41) is 6.19. The van der Waals surface area contributed by atoms with Gasteiger partial charge in [0.25, 0.3) is 0 Å². The predicted molar refractivity (Wildman–Crippen MR) is 103 cm³/mol. The Balaban J connectivity index is 1.58. The van der Waals surface area contributed by atoms with Crippen molar-refractivity contribution >= 4 is 11.8 Å². The number of nitrogens with zero attached hydrogens (tertiary/aromatic N) is 1. The molecule has 2 N–H and O–H groups in total. The van der Waals surface area contributed by atoms with E-state index in [1.165, 1.54) is 0 Å². The molecule has 1 aromatic carbocycles. The number of carbonyl (C=O) groups is 2. The van der Waals surface area contributed by atoms with Crippen LogP contribution in [0.25, 0.3) is 0 Å². The first-order chi connectivity index (χ1) is 12.6. The lowest BCUT2D eigenvalue weighted by Crippen LogP contribution is -2.58. The summed E-state index contributed by atoms with van der Waals surface area (Å²) in [6.07, 6.45) is 4.37. The van der Waals surface area contributed by atoms with Crippen LogP contribution in [0.1, 0.15) is 57.6 Å². The molecule has 0 aromatic heterocycles. The fourth-order valence-corrected chi connectivity index (χ4v) is 4.55. The highest BCUT2D eigenvalue weighted by Gasteiger charge is 2.39. The van der Waals surface area contributed by atoms with Gasteiger partial charge < -0.3 is 10.6 Å². The molecule has 1 heterocycles. The van der Waals surface area contributed by atoms with Crippen molar-refractivity contribution in [2.45, 2.75) is 64.1 Å². The van der Waals surface area contributed by atoms with Crippen LogP contribution in [0.5, 0.6) is 0 Å². The van der Waals surface area contributed by atoms with Gasteiger partial charge in [-0.15, -0.1) is 0 Å². The van der Waals surface area contributed by atoms with E-state index in [0.29, 0.717) is 30.6 Å². The van der Waals surface area contributed by atoms with E-state index in [9.17, 15) is 9.59 Å². The molecule has 1 aliphatic carbocycles. The third kappa shape index (κ3) is 4.64. The second-order valence-corrected chi connectivity index (χ2v) is 7.79. The van der Waals surface area contributed by atoms with E-state index in [2.05, 4.69) is 22.5 Å². The van der Waals surface area contributed by atoms with E-state index in [0.717, 1.165) is 37.9 Å². The van der Waals surface area contributed by atoms with Gasteiger partial charge >= 0.3 is 6.03 Å². The van der Waals surface area contributed by atoms with Gasteiger partial charge in [0.1, 0.15) is 5.78 Å². The topological polar surface area (TPSA) is 61.4 Å². The number of hydrogen-bond acceptors (Lipinski definition) is 3. The van der Waals surface area contributed by atoms with Crippen molar-refractivity contribution in [3.8, 4) is 0 Å². The highest BCUT2D eigenvalue weighted by molar-refractivity contribution is 5.79. The fourth-order valence-electron chi connectivity index (χ4n) is 4.55. The van der Waals surface area contributed by atoms with Crippen LogP contribution in [0.2, 0.25) is 0 Å². The van der Waals surface area contributed by atoms with E-state index in [1.54, 1.807) is 0 Å². The highest BCUT2D eigenvalue weighted by Crippen LogP contribution is 2.34. The largest absolute Gasteiger partial charge is 0.334 e. The molecule has 2 amide bonds. The number of nitrogens with one attached hydrogen (secondary N) is 2. The molecule has 0 spiro atoms. The number of benzene rings is 1. The van der Waals surface area contributed by atoms with Crippen molar-refractivity contribution in [3.63, 3.8) is 0 Å². The number of likely N-dealkylation sites (tertiary alicyclic amines) is 1. The Labute approximate surface area is 156 Å². The molecule has 5 heteroatoms. The molecule has 0 radical (unpaired) electrons. The van der Waals surface area contributed by atoms with Gasteiger partial charge in [0.2, 0.25) is 0 Å². The van der Waals surface area contributed by atoms with E-state index < -0.39 is 0 Å². The zero-order valence-electron chi connectivity index (χ0n) is 15.9. The molecule has 2 aliphatic rings. The zero-order chi connectivity index (χ0) is 18.5. The van der Waals surface area contributed by atoms with Gasteiger partial charge in [-0.1, -0.05) is 37.3 Å². The lowest BCUT2D eigenvalue weighted by Gasteiger charge is -2.46. The van der Waals surface area contributed by atoms with Crippen molar-refractivity contribution in [2.75, 3.05) is 13.1 Å². The third-order valence-corrected chi connectivity index (χ3v) is 5.76. The van der Waals surface area contributed by atoms with Crippen LogP contribution in [-0.4, -0.2) is 41.9 Å². The normalized spacial score (nSPS) is 27.5. The molecule has 5 nitrogen and oxygen atoms in total. The summed E-state index contributed by atoms with van der Waals surface area (Å²) in [6.45, 7) is 6.11. The molecule has 1 saturated carbocycles. The van der Waals surface area contributed by atoms with Crippen molar-refractivity contribution in [2.24, 2.45) is 5.92 Å². The molecule has 0 unspecified atom stereocenters. The number of urea groups is 1. The third-order valence-electron chi connectivity index (χ3n) is 5.76. The number of fused-ring (bicyclic) bond motifs is 1. The van der Waals surface area contributed by atoms with Gasteiger partial charge in [0.05, 0.1) is 6.04 Å². The molecule has 0 bridgehead atoms. The van der Waals surface area contributed by atoms with Crippen LogP contribution in [0.3, 0.4) is 0 Å². The molecule has 3 rings (SSSR count). The minimum atomic E-state index is -0.122. The maximum Gasteiger partial charge on any atom is 0.315 e. The van der Waals surface area contributed by atoms with Gasteiger partial charge in [0, 0.05) is 31.5 Å². The number of piperidine rings is 1. The monoisotopic (exact) mass is 357 g/mol. The maximum absolute atomic E-state index is 12.5. The van der Waals surface area contributed by atoms with Gasteiger partial charge in [-0.05, 0) is 44.2 Å². The smallest absolute Gasteiger partial charge is 0.315 e. The lowest BCUT2D eigenvalue weighted by molar-refractivity contribution is -0.124. The Morgan fingerprint density at radius 2 is 2.08 bits per heavy atom. The minimum Gasteiger partial charge on any atom is -0.334 e. The van der Waals surface area contributed by atoms with Crippen molar-refractivity contribution in [1.29, 1.82) is 0 Å². The number of amides is 2. The lowest BCUT2D eigenvalue weighted by atomic mass is 9.76. The van der Waals surface area contributed by atoms with Crippen LogP contribution in [0.15, 0.2) is 30.3 Å². The Hall–Kier alpha value is -1.88. The van der Waals surface area contributed by atoms with Crippen molar-refractivity contribution in [3.05, 3.63) is 35.9 Å². The molecular formula is C21H31N3O2. The Kier molecular flexibility index (Phi) is 6.30. The minimum absolute atomic E-state index is 0.0319. The SMILES string of the molecule is CCCN1C[C@@H](NC(=O)N[C@@H](C)c2ccccc2)C[C@@H]2CC(=O)CC[C@H]21. The number of Topliss-reactive ketones (excluding diaryl/α,β-unsaturated/α-hetero) is 1. The Morgan fingerprint density at radius 3 is 2.81 bits per heavy atom. The van der Waals surface area contributed by atoms with Gasteiger partial charge in [0.15, 0.2) is 0 Å². The highest BCUT2D eigenvalue weighted by atomic mass is 16.2. The van der Waals surface area contributed by atoms with Crippen LogP contribution in [0.4, 0.5) is 4.79 Å². The standard InChI is InChI=1S/C21H31N3O2/c1-3-11-24-14-18(12-17-13-19(25)9-10-20(17)24)23-21(26)22-15(2)16-7-5-4-6-8-16/h4-8,15,17-18,20H,3,9-14H2,1-2H3,(H2,22,23,26)/t15-,17+,18-,20+/m0/s1. The summed E-state index contributed by atoms with van der Waals surface area (Å²) in [6, 6.07) is 10.4. The average Bonchev–Trinajstić information content (AvgIpc) is 2.62. The molecule has 4 atom stereocenters. The number of hydrogen-bond donors (Lipinski definition) is 2. The van der Waals surface area contributed by atoms with Crippen molar-refractivity contribution < 1.29 is 9.59 Å². The second-order valence-electron chi connectivity index (χ2n) is 7.79. The molecule has 1 saturated heterocycles. The summed E-state index contributed by atoms with van der Waals surface area (Å²) in [7, 11) is 0. The van der Waals surface area contributed by atoms with Gasteiger partial charge in [-0.2, -0.15) is 0 Å². The van der Waals surface area contributed by atoms with Gasteiger partial charge in [-0.3, -0.25) is 9.69 Å². The number of rotatable bonds is 5. The van der Waals surface area contributed by atoms with Crippen LogP contribution in [0, 0.1) is 5.92 Å². The van der Waals surface area contributed by atoms with Crippen LogP contribution in [-0.2, 0) is 4.79 Å². The maximum atomic E-state index is 12.5. The number of carbonyl (C=O) groups excluding carboxylic acids is 2. The first kappa shape index (κ1) is 18.9. The molecule has 1 aromatic rings. The summed E-state index contributed by atoms with van der Waals surface area (Å²) in [5.74, 6) is 0.763. The van der Waals surface area contributed by atoms with E-state index in [1.807, 2.05) is 37.3 Å². The quantitative estimate of drug-likeness (QED) is 0.850. The molecule has 26 heavy (non-hydrogen) atoms. The van der Waals surface area contributed by atoms with Crippen LogP contribution < -0.4 is 10.6 Å². The first-order valence-corrected chi connectivity index (χ1v) is 9.94. The van der Waals surface area contributed by atoms with E-state index in [4.69, 9.17) is 0 Å². The molecular weight excluding hydrogens is 326 g/mol. The summed E-state index contributed by atoms with van der Waals surface area (Å²) in [4.78, 5) is 26.9.